The molecule has 4 amide bonds. The van der Waals surface area contributed by atoms with E-state index in [2.05, 4.69) is 16.0 Å². The summed E-state index contributed by atoms with van der Waals surface area (Å²) >= 11 is 0. The monoisotopic (exact) mass is 560 g/mol. The van der Waals surface area contributed by atoms with Gasteiger partial charge in [-0.15, -0.1) is 0 Å². The number of hydrogen-bond donors (Lipinski definition) is 4. The van der Waals surface area contributed by atoms with Crippen LogP contribution in [-0.4, -0.2) is 59.8 Å². The van der Waals surface area contributed by atoms with Crippen molar-refractivity contribution in [3.8, 4) is 16.9 Å². The van der Waals surface area contributed by atoms with Gasteiger partial charge < -0.3 is 26.0 Å². The third-order valence-corrected chi connectivity index (χ3v) is 6.78. The average molecular weight is 561 g/mol. The molecule has 1 aliphatic rings. The molecule has 214 valence electrons. The quantitative estimate of drug-likeness (QED) is 0.378. The second-order valence-electron chi connectivity index (χ2n) is 9.91. The van der Waals surface area contributed by atoms with E-state index in [1.165, 1.54) is 31.2 Å². The fourth-order valence-electron chi connectivity index (χ4n) is 4.67. The zero-order valence-corrected chi connectivity index (χ0v) is 22.8. The minimum atomic E-state index is -0.685. The van der Waals surface area contributed by atoms with E-state index in [1.54, 1.807) is 41.3 Å². The number of halogens is 1. The van der Waals surface area contributed by atoms with E-state index in [-0.39, 0.29) is 42.0 Å². The molecule has 4 bridgehead atoms. The molecule has 1 heterocycles. The van der Waals surface area contributed by atoms with E-state index in [4.69, 9.17) is 0 Å². The lowest BCUT2D eigenvalue weighted by molar-refractivity contribution is -0.121. The van der Waals surface area contributed by atoms with Crippen molar-refractivity contribution in [1.29, 1.82) is 0 Å². The Kier molecular flexibility index (Phi) is 9.68. The van der Waals surface area contributed by atoms with Gasteiger partial charge in [-0.25, -0.2) is 4.39 Å². The van der Waals surface area contributed by atoms with E-state index < -0.39 is 11.7 Å². The number of carbonyl (C=O) groups is 4. The van der Waals surface area contributed by atoms with Crippen LogP contribution >= 0.6 is 0 Å². The van der Waals surface area contributed by atoms with Gasteiger partial charge in [-0.2, -0.15) is 0 Å². The molecule has 3 aromatic rings. The number of nitrogens with one attached hydrogen (secondary N) is 3. The smallest absolute Gasteiger partial charge is 0.254 e. The van der Waals surface area contributed by atoms with E-state index in [0.717, 1.165) is 5.56 Å². The lowest BCUT2D eigenvalue weighted by Gasteiger charge is -2.23. The number of phenols is 1. The van der Waals surface area contributed by atoms with Gasteiger partial charge in [0.25, 0.3) is 11.8 Å². The molecule has 9 nitrogen and oxygen atoms in total. The van der Waals surface area contributed by atoms with E-state index >= 15 is 0 Å². The van der Waals surface area contributed by atoms with E-state index in [9.17, 15) is 28.7 Å². The second kappa shape index (κ2) is 13.6. The number of benzene rings is 3. The first-order valence-electron chi connectivity index (χ1n) is 13.5. The molecule has 0 saturated heterocycles. The number of amides is 4. The zero-order chi connectivity index (χ0) is 29.4. The highest BCUT2D eigenvalue weighted by Crippen LogP contribution is 2.31. The Labute approximate surface area is 237 Å². The Morgan fingerprint density at radius 1 is 0.878 bits per heavy atom. The number of hydrogen-bond acceptors (Lipinski definition) is 5. The van der Waals surface area contributed by atoms with Crippen LogP contribution in [0.2, 0.25) is 0 Å². The highest BCUT2D eigenvalue weighted by molar-refractivity contribution is 5.96. The molecule has 0 fully saturated rings. The molecule has 4 rings (SSSR count). The Morgan fingerprint density at radius 3 is 2.39 bits per heavy atom. The molecule has 3 aromatic carbocycles. The zero-order valence-electron chi connectivity index (χ0n) is 22.8. The average Bonchev–Trinajstić information content (AvgIpc) is 2.94. The lowest BCUT2D eigenvalue weighted by Crippen LogP contribution is -2.36. The highest BCUT2D eigenvalue weighted by atomic mass is 19.1. The number of fused-ring (bicyclic) bond motifs is 5. The van der Waals surface area contributed by atoms with Crippen molar-refractivity contribution >= 4 is 29.3 Å². The lowest BCUT2D eigenvalue weighted by atomic mass is 9.98. The Bertz CT molecular complexity index is 1440. The van der Waals surface area contributed by atoms with Crippen LogP contribution < -0.4 is 16.0 Å². The van der Waals surface area contributed by atoms with Crippen LogP contribution in [-0.2, 0) is 16.0 Å². The fourth-order valence-corrected chi connectivity index (χ4v) is 4.67. The minimum absolute atomic E-state index is 0.00356. The number of anilines is 1. The molecule has 0 radical (unpaired) electrons. The van der Waals surface area contributed by atoms with Gasteiger partial charge in [0, 0.05) is 56.3 Å². The van der Waals surface area contributed by atoms with E-state index in [1.807, 2.05) is 0 Å². The highest BCUT2D eigenvalue weighted by Gasteiger charge is 2.18. The maximum absolute atomic E-state index is 14.6. The van der Waals surface area contributed by atoms with Crippen molar-refractivity contribution in [3.05, 3.63) is 83.2 Å². The molecular formula is C31H33FN4O5. The molecule has 0 saturated carbocycles. The summed E-state index contributed by atoms with van der Waals surface area (Å²) in [5, 5.41) is 18.7. The molecule has 0 atom stereocenters. The third kappa shape index (κ3) is 7.91. The molecule has 0 aromatic heterocycles. The van der Waals surface area contributed by atoms with Crippen LogP contribution in [0.5, 0.6) is 5.75 Å². The van der Waals surface area contributed by atoms with Crippen molar-refractivity contribution < 1.29 is 28.7 Å². The molecule has 0 spiro atoms. The summed E-state index contributed by atoms with van der Waals surface area (Å²) in [4.78, 5) is 51.6. The molecule has 10 heteroatoms. The molecule has 0 unspecified atom stereocenters. The van der Waals surface area contributed by atoms with Gasteiger partial charge in [0.15, 0.2) is 0 Å². The summed E-state index contributed by atoms with van der Waals surface area (Å²) in [6.07, 6.45) is 1.58. The Morgan fingerprint density at radius 2 is 1.63 bits per heavy atom. The van der Waals surface area contributed by atoms with Crippen LogP contribution in [0, 0.1) is 5.82 Å². The van der Waals surface area contributed by atoms with Crippen molar-refractivity contribution in [2.75, 3.05) is 31.5 Å². The standard InChI is InChI=1S/C31H33FN4O5/c1-20(37)35-24-9-6-22(7-10-24)31(41)36-16-2-4-29(39)33-15-13-21-5-12-28(38)25(18-21)23-8-11-27(32)26(19-23)30(40)34-14-3-17-36/h5-12,18-19,38H,2-4,13-17H2,1H3,(H,33,39)(H,34,40)(H,35,37). The molecule has 41 heavy (non-hydrogen) atoms. The van der Waals surface area contributed by atoms with Crippen molar-refractivity contribution in [2.45, 2.75) is 32.6 Å². The SMILES string of the molecule is CC(=O)Nc1ccc(C(=O)N2CCCNC(=O)c3cc(ccc3F)-c3cc(ccc3O)CCNC(=O)CCC2)cc1. The van der Waals surface area contributed by atoms with E-state index in [0.29, 0.717) is 61.3 Å². The Hall–Kier alpha value is -4.73. The number of rotatable bonds is 2. The first-order valence-corrected chi connectivity index (χ1v) is 13.5. The minimum Gasteiger partial charge on any atom is -0.507 e. The molecule has 0 aliphatic carbocycles. The van der Waals surface area contributed by atoms with Crippen LogP contribution in [0.15, 0.2) is 60.7 Å². The summed E-state index contributed by atoms with van der Waals surface area (Å²) in [6, 6.07) is 15.7. The van der Waals surface area contributed by atoms with Crippen LogP contribution in [0.25, 0.3) is 11.1 Å². The number of carbonyl (C=O) groups excluding carboxylic acids is 4. The number of nitrogens with zero attached hydrogens (tertiary/aromatic N) is 1. The summed E-state index contributed by atoms with van der Waals surface area (Å²) in [7, 11) is 0. The van der Waals surface area contributed by atoms with Gasteiger partial charge in [0.05, 0.1) is 5.56 Å². The molecule has 1 aliphatic heterocycles. The predicted octanol–water partition coefficient (Wildman–Crippen LogP) is 3.87. The summed E-state index contributed by atoms with van der Waals surface area (Å²) < 4.78 is 14.6. The van der Waals surface area contributed by atoms with Crippen LogP contribution in [0.1, 0.15) is 52.5 Å². The molecular weight excluding hydrogens is 527 g/mol. The fraction of sp³-hybridized carbons (Fsp3) is 0.290. The molecule has 4 N–H and O–H groups in total. The summed E-state index contributed by atoms with van der Waals surface area (Å²) in [5.41, 5.74) is 2.65. The van der Waals surface area contributed by atoms with Crippen LogP contribution in [0.3, 0.4) is 0 Å². The van der Waals surface area contributed by atoms with Gasteiger partial charge in [0.1, 0.15) is 11.6 Å². The maximum Gasteiger partial charge on any atom is 0.254 e. The van der Waals surface area contributed by atoms with Crippen LogP contribution in [0.4, 0.5) is 10.1 Å². The van der Waals surface area contributed by atoms with Gasteiger partial charge in [-0.05, 0) is 78.9 Å². The van der Waals surface area contributed by atoms with Crippen molar-refractivity contribution in [2.24, 2.45) is 0 Å². The number of phenolic OH excluding ortho intramolecular Hbond substituents is 1. The maximum atomic E-state index is 14.6. The van der Waals surface area contributed by atoms with Gasteiger partial charge in [0.2, 0.25) is 11.8 Å². The van der Waals surface area contributed by atoms with Crippen molar-refractivity contribution in [3.63, 3.8) is 0 Å². The normalized spacial score (nSPS) is 15.0. The summed E-state index contributed by atoms with van der Waals surface area (Å²) in [5.74, 6) is -1.88. The predicted molar refractivity (Wildman–Crippen MR) is 153 cm³/mol. The first-order chi connectivity index (χ1) is 19.7. The number of aromatic hydroxyl groups is 1. The second-order valence-corrected chi connectivity index (χ2v) is 9.91. The van der Waals surface area contributed by atoms with Crippen molar-refractivity contribution in [1.82, 2.24) is 15.5 Å². The third-order valence-electron chi connectivity index (χ3n) is 6.78. The van der Waals surface area contributed by atoms with Gasteiger partial charge >= 0.3 is 0 Å². The Balaban J connectivity index is 1.53. The topological polar surface area (TPSA) is 128 Å². The largest absolute Gasteiger partial charge is 0.507 e. The summed E-state index contributed by atoms with van der Waals surface area (Å²) in [6.45, 7) is 2.59. The van der Waals surface area contributed by atoms with Gasteiger partial charge in [-0.3, -0.25) is 19.2 Å². The first kappa shape index (κ1) is 29.3. The van der Waals surface area contributed by atoms with Gasteiger partial charge in [-0.1, -0.05) is 12.1 Å².